The van der Waals surface area contributed by atoms with Crippen molar-refractivity contribution in [2.75, 3.05) is 6.54 Å². The molecule has 1 aliphatic heterocycles. The van der Waals surface area contributed by atoms with Crippen molar-refractivity contribution in [2.24, 2.45) is 14.6 Å². The van der Waals surface area contributed by atoms with Gasteiger partial charge < -0.3 is 5.32 Å². The molecule has 228 valence electrons. The monoisotopic (exact) mass is 655 g/mol. The zero-order valence-corrected chi connectivity index (χ0v) is 24.5. The van der Waals surface area contributed by atoms with Crippen LogP contribution in [0, 0.1) is 0 Å². The lowest BCUT2D eigenvalue weighted by Gasteiger charge is -2.36. The van der Waals surface area contributed by atoms with Crippen molar-refractivity contribution in [2.45, 2.75) is 42.0 Å². The van der Waals surface area contributed by atoms with E-state index in [2.05, 4.69) is 9.71 Å². The highest BCUT2D eigenvalue weighted by molar-refractivity contribution is 7.90. The van der Waals surface area contributed by atoms with Crippen LogP contribution in [0.2, 0.25) is 5.02 Å². The molecular formula is C27H25ClF3N5O5S2. The maximum atomic E-state index is 13.3. The molecule has 0 bridgehead atoms. The zero-order valence-electron chi connectivity index (χ0n) is 22.1. The Hall–Kier alpha value is -3.50. The molecule has 2 aliphatic rings. The minimum absolute atomic E-state index is 0.166. The number of nitrogens with zero attached hydrogens (tertiary/aromatic N) is 3. The first-order valence-electron chi connectivity index (χ1n) is 12.8. The summed E-state index contributed by atoms with van der Waals surface area (Å²) in [6, 6.07) is 18.9. The Kier molecular flexibility index (Phi) is 8.55. The van der Waals surface area contributed by atoms with E-state index in [4.69, 9.17) is 26.0 Å². The first kappa shape index (κ1) is 30.9. The van der Waals surface area contributed by atoms with Crippen molar-refractivity contribution in [3.63, 3.8) is 0 Å². The lowest BCUT2D eigenvalue weighted by molar-refractivity contribution is -0.137. The lowest BCUT2D eigenvalue weighted by Crippen LogP contribution is -2.52. The van der Waals surface area contributed by atoms with E-state index in [1.807, 2.05) is 30.3 Å². The Labute approximate surface area is 251 Å². The van der Waals surface area contributed by atoms with E-state index >= 15 is 0 Å². The smallest absolute Gasteiger partial charge is 0.351 e. The van der Waals surface area contributed by atoms with Crippen LogP contribution < -0.4 is 10.5 Å². The van der Waals surface area contributed by atoms with E-state index < -0.39 is 49.1 Å². The first-order chi connectivity index (χ1) is 20.2. The van der Waals surface area contributed by atoms with Crippen LogP contribution in [0.1, 0.15) is 35.4 Å². The SMILES string of the molecule is NS(=O)(=O)OC1CC(N/C(=N\S(=O)(=O)c2ccc(C(F)(F)F)cc2)N2C[C@H](c3ccccc3)C(c3ccc(Cl)cc3)=N2)C1. The van der Waals surface area contributed by atoms with Gasteiger partial charge in [-0.25, -0.2) is 10.1 Å². The Balaban J connectivity index is 1.51. The quantitative estimate of drug-likeness (QED) is 0.286. The predicted molar refractivity (Wildman–Crippen MR) is 154 cm³/mol. The average molecular weight is 656 g/mol. The molecule has 1 saturated carbocycles. The summed E-state index contributed by atoms with van der Waals surface area (Å²) in [5.74, 6) is -0.508. The first-order valence-corrected chi connectivity index (χ1v) is 16.1. The molecule has 0 radical (unpaired) electrons. The van der Waals surface area contributed by atoms with Crippen molar-refractivity contribution in [3.8, 4) is 0 Å². The van der Waals surface area contributed by atoms with Crippen LogP contribution in [-0.2, 0) is 30.7 Å². The lowest BCUT2D eigenvalue weighted by atomic mass is 9.89. The molecule has 3 aromatic carbocycles. The van der Waals surface area contributed by atoms with Crippen molar-refractivity contribution in [3.05, 3.63) is 101 Å². The largest absolute Gasteiger partial charge is 0.416 e. The number of nitrogens with two attached hydrogens (primary N) is 1. The van der Waals surface area contributed by atoms with E-state index in [-0.39, 0.29) is 31.3 Å². The third-order valence-electron chi connectivity index (χ3n) is 6.88. The standard InChI is InChI=1S/C27H25ClF3N5O5S2/c28-20-10-6-18(7-11-20)25-24(17-4-2-1-3-5-17)16-36(34-25)26(33-21-14-22(15-21)41-43(32,39)40)35-42(37,38)23-12-8-19(9-13-23)27(29,30)31/h1-13,21-22,24H,14-16H2,(H,33,35)(H2,32,39,40)/t21?,22?,24-/m1/s1. The van der Waals surface area contributed by atoms with Crippen molar-refractivity contribution >= 4 is 43.6 Å². The summed E-state index contributed by atoms with van der Waals surface area (Å²) in [6.45, 7) is 0.167. The number of hydrogen-bond acceptors (Lipinski definition) is 6. The van der Waals surface area contributed by atoms with Crippen LogP contribution in [-0.4, -0.2) is 52.2 Å². The molecule has 1 aliphatic carbocycles. The van der Waals surface area contributed by atoms with E-state index in [1.54, 1.807) is 24.3 Å². The van der Waals surface area contributed by atoms with Gasteiger partial charge in [-0.2, -0.15) is 35.1 Å². The van der Waals surface area contributed by atoms with Crippen LogP contribution >= 0.6 is 11.6 Å². The van der Waals surface area contributed by atoms with Crippen molar-refractivity contribution in [1.82, 2.24) is 10.3 Å². The van der Waals surface area contributed by atoms with Crippen LogP contribution in [0.15, 0.2) is 93.3 Å². The third-order valence-corrected chi connectivity index (χ3v) is 8.96. The second kappa shape index (κ2) is 11.9. The Bertz CT molecular complexity index is 1750. The molecule has 1 atom stereocenters. The maximum absolute atomic E-state index is 13.3. The number of alkyl halides is 3. The summed E-state index contributed by atoms with van der Waals surface area (Å²) in [4.78, 5) is -0.454. The maximum Gasteiger partial charge on any atom is 0.416 e. The molecule has 1 heterocycles. The number of guanidine groups is 1. The second-order valence-corrected chi connectivity index (χ2v) is 13.2. The summed E-state index contributed by atoms with van der Waals surface area (Å²) >= 11 is 6.08. The second-order valence-electron chi connectivity index (χ2n) is 9.97. The number of hydrazone groups is 1. The van der Waals surface area contributed by atoms with Crippen LogP contribution in [0.3, 0.4) is 0 Å². The molecule has 0 saturated heterocycles. The molecule has 16 heteroatoms. The van der Waals surface area contributed by atoms with Gasteiger partial charge in [-0.15, -0.1) is 4.40 Å². The van der Waals surface area contributed by atoms with Gasteiger partial charge in [-0.3, -0.25) is 4.18 Å². The fourth-order valence-corrected chi connectivity index (χ4v) is 6.35. The fraction of sp³-hybridized carbons (Fsp3) is 0.259. The molecule has 3 N–H and O–H groups in total. The van der Waals surface area contributed by atoms with Gasteiger partial charge in [-0.05, 0) is 60.4 Å². The molecule has 10 nitrogen and oxygen atoms in total. The van der Waals surface area contributed by atoms with Crippen LogP contribution in [0.4, 0.5) is 13.2 Å². The average Bonchev–Trinajstić information content (AvgIpc) is 3.37. The number of hydrogen-bond donors (Lipinski definition) is 2. The highest BCUT2D eigenvalue weighted by Gasteiger charge is 2.38. The van der Waals surface area contributed by atoms with Gasteiger partial charge in [-0.1, -0.05) is 54.1 Å². The minimum Gasteiger partial charge on any atom is -0.351 e. The number of benzene rings is 3. The van der Waals surface area contributed by atoms with E-state index in [0.717, 1.165) is 23.3 Å². The summed E-state index contributed by atoms with van der Waals surface area (Å²) in [6.07, 6.45) is -5.03. The minimum atomic E-state index is -4.65. The summed E-state index contributed by atoms with van der Waals surface area (Å²) < 4.78 is 97.1. The van der Waals surface area contributed by atoms with E-state index in [1.165, 1.54) is 5.01 Å². The van der Waals surface area contributed by atoms with Gasteiger partial charge in [0.05, 0.1) is 28.8 Å². The fourth-order valence-electron chi connectivity index (χ4n) is 4.73. The molecule has 0 aromatic heterocycles. The van der Waals surface area contributed by atoms with Gasteiger partial charge in [0.15, 0.2) is 0 Å². The van der Waals surface area contributed by atoms with Gasteiger partial charge in [0.2, 0.25) is 5.96 Å². The number of halogens is 4. The molecular weight excluding hydrogens is 631 g/mol. The predicted octanol–water partition coefficient (Wildman–Crippen LogP) is 4.25. The van der Waals surface area contributed by atoms with Crippen LogP contribution in [0.5, 0.6) is 0 Å². The van der Waals surface area contributed by atoms with Crippen molar-refractivity contribution < 1.29 is 34.2 Å². The number of sulfonamides is 1. The van der Waals surface area contributed by atoms with Gasteiger partial charge in [0.25, 0.3) is 10.0 Å². The Morgan fingerprint density at radius 3 is 2.19 bits per heavy atom. The summed E-state index contributed by atoms with van der Waals surface area (Å²) in [7, 11) is -8.70. The molecule has 1 fully saturated rings. The zero-order chi connectivity index (χ0) is 31.0. The molecule has 0 spiro atoms. The van der Waals surface area contributed by atoms with Crippen molar-refractivity contribution in [1.29, 1.82) is 0 Å². The summed E-state index contributed by atoms with van der Waals surface area (Å²) in [5, 5.41) is 14.6. The van der Waals surface area contributed by atoms with Gasteiger partial charge in [0.1, 0.15) is 0 Å². The topological polar surface area (TPSA) is 144 Å². The van der Waals surface area contributed by atoms with Gasteiger partial charge >= 0.3 is 16.5 Å². The third kappa shape index (κ3) is 7.54. The van der Waals surface area contributed by atoms with Crippen LogP contribution in [0.25, 0.3) is 0 Å². The normalized spacial score (nSPS) is 21.3. The highest BCUT2D eigenvalue weighted by Crippen LogP contribution is 2.32. The Morgan fingerprint density at radius 1 is 0.977 bits per heavy atom. The molecule has 0 amide bonds. The number of nitrogens with one attached hydrogen (secondary N) is 1. The highest BCUT2D eigenvalue weighted by atomic mass is 35.5. The molecule has 5 rings (SSSR count). The molecule has 3 aromatic rings. The molecule has 43 heavy (non-hydrogen) atoms. The number of rotatable bonds is 7. The summed E-state index contributed by atoms with van der Waals surface area (Å²) in [5.41, 5.74) is 1.23. The molecule has 0 unspecified atom stereocenters. The Morgan fingerprint density at radius 2 is 1.60 bits per heavy atom. The van der Waals surface area contributed by atoms with Gasteiger partial charge in [0, 0.05) is 17.0 Å². The van der Waals surface area contributed by atoms with E-state index in [0.29, 0.717) is 22.9 Å². The van der Waals surface area contributed by atoms with E-state index in [9.17, 15) is 30.0 Å².